The molecule has 0 unspecified atom stereocenters. The normalized spacial score (nSPS) is 18.5. The lowest BCUT2D eigenvalue weighted by Crippen LogP contribution is -2.57. The first-order valence-corrected chi connectivity index (χ1v) is 9.57. The Hall–Kier alpha value is -0.860. The van der Waals surface area contributed by atoms with Crippen LogP contribution in [0, 0.1) is 5.92 Å². The van der Waals surface area contributed by atoms with Crippen molar-refractivity contribution >= 4 is 16.1 Å². The maximum absolute atomic E-state index is 12.1. The Labute approximate surface area is 133 Å². The molecule has 0 atom stereocenters. The molecule has 1 aliphatic rings. The van der Waals surface area contributed by atoms with Crippen LogP contribution in [0.5, 0.6) is 0 Å². The topological polar surface area (TPSA) is 87.7 Å². The summed E-state index contributed by atoms with van der Waals surface area (Å²) < 4.78 is 31.1. The van der Waals surface area contributed by atoms with E-state index in [0.29, 0.717) is 51.4 Å². The minimum Gasteiger partial charge on any atom is -0.385 e. The predicted octanol–water partition coefficient (Wildman–Crippen LogP) is 0.772. The van der Waals surface area contributed by atoms with Crippen molar-refractivity contribution in [2.45, 2.75) is 38.6 Å². The third-order valence-corrected chi connectivity index (χ3v) is 4.66. The highest BCUT2D eigenvalue weighted by Gasteiger charge is 2.37. The average Bonchev–Trinajstić information content (AvgIpc) is 2.41. The summed E-state index contributed by atoms with van der Waals surface area (Å²) in [6, 6.07) is -0.0756. The number of carbonyl (C=O) groups excluding carboxylic acids is 1. The summed E-state index contributed by atoms with van der Waals surface area (Å²) in [5.41, 5.74) is -0.515. The molecular weight excluding hydrogens is 306 g/mol. The van der Waals surface area contributed by atoms with Gasteiger partial charge in [0.05, 0.1) is 6.26 Å². The molecule has 1 saturated heterocycles. The molecule has 0 aromatic carbocycles. The fourth-order valence-corrected chi connectivity index (χ4v) is 3.73. The van der Waals surface area contributed by atoms with E-state index in [4.69, 9.17) is 4.74 Å². The fourth-order valence-electron chi connectivity index (χ4n) is 2.63. The number of hydrogen-bond acceptors (Lipinski definition) is 4. The van der Waals surface area contributed by atoms with Gasteiger partial charge in [-0.3, -0.25) is 0 Å². The molecule has 1 heterocycles. The lowest BCUT2D eigenvalue weighted by atomic mass is 9.86. The van der Waals surface area contributed by atoms with Crippen molar-refractivity contribution in [2.24, 2.45) is 5.92 Å². The van der Waals surface area contributed by atoms with E-state index in [2.05, 4.69) is 10.0 Å². The maximum Gasteiger partial charge on any atom is 0.317 e. The van der Waals surface area contributed by atoms with Crippen LogP contribution in [0.15, 0.2) is 0 Å². The number of nitrogens with one attached hydrogen (secondary N) is 2. The van der Waals surface area contributed by atoms with Gasteiger partial charge in [0.15, 0.2) is 0 Å². The van der Waals surface area contributed by atoms with E-state index in [1.54, 1.807) is 12.0 Å². The molecule has 2 amide bonds. The largest absolute Gasteiger partial charge is 0.385 e. The number of likely N-dealkylation sites (tertiary alicyclic amines) is 1. The van der Waals surface area contributed by atoms with Crippen molar-refractivity contribution in [1.82, 2.24) is 14.9 Å². The van der Waals surface area contributed by atoms with Gasteiger partial charge in [0.1, 0.15) is 0 Å². The molecule has 0 aliphatic carbocycles. The van der Waals surface area contributed by atoms with E-state index >= 15 is 0 Å². The summed E-state index contributed by atoms with van der Waals surface area (Å²) in [7, 11) is -1.70. The predicted molar refractivity (Wildman–Crippen MR) is 86.2 cm³/mol. The fraction of sp³-hybridized carbons (Fsp3) is 0.929. The number of hydrogen-bond donors (Lipinski definition) is 2. The van der Waals surface area contributed by atoms with E-state index in [0.717, 1.165) is 0 Å². The van der Waals surface area contributed by atoms with Gasteiger partial charge < -0.3 is 15.0 Å². The second-order valence-electron chi connectivity index (χ2n) is 6.46. The molecule has 2 N–H and O–H groups in total. The van der Waals surface area contributed by atoms with E-state index in [-0.39, 0.29) is 6.03 Å². The minimum atomic E-state index is -3.30. The zero-order valence-corrected chi connectivity index (χ0v) is 14.8. The molecular formula is C14H29N3O4S. The molecule has 0 aromatic rings. The summed E-state index contributed by atoms with van der Waals surface area (Å²) in [6.07, 6.45) is 2.97. The summed E-state index contributed by atoms with van der Waals surface area (Å²) in [4.78, 5) is 13.8. The van der Waals surface area contributed by atoms with E-state index in [1.165, 1.54) is 6.26 Å². The van der Waals surface area contributed by atoms with Crippen LogP contribution in [0.25, 0.3) is 0 Å². The van der Waals surface area contributed by atoms with Gasteiger partial charge in [-0.15, -0.1) is 0 Å². The molecule has 0 radical (unpaired) electrons. The molecule has 22 heavy (non-hydrogen) atoms. The van der Waals surface area contributed by atoms with Crippen molar-refractivity contribution in [3.63, 3.8) is 0 Å². The highest BCUT2D eigenvalue weighted by Crippen LogP contribution is 2.26. The van der Waals surface area contributed by atoms with Crippen LogP contribution in [0.3, 0.4) is 0 Å². The molecule has 8 heteroatoms. The Bertz CT molecular complexity index is 457. The number of amides is 2. The Morgan fingerprint density at radius 2 is 1.91 bits per heavy atom. The number of nitrogens with zero attached hydrogens (tertiary/aromatic N) is 1. The number of sulfonamides is 1. The van der Waals surface area contributed by atoms with E-state index in [1.807, 2.05) is 13.8 Å². The van der Waals surface area contributed by atoms with Crippen molar-refractivity contribution in [3.05, 3.63) is 0 Å². The van der Waals surface area contributed by atoms with Crippen LogP contribution in [-0.4, -0.2) is 64.5 Å². The average molecular weight is 335 g/mol. The Balaban J connectivity index is 2.62. The van der Waals surface area contributed by atoms with Gasteiger partial charge in [-0.2, -0.15) is 0 Å². The van der Waals surface area contributed by atoms with Crippen molar-refractivity contribution in [1.29, 1.82) is 0 Å². The smallest absolute Gasteiger partial charge is 0.317 e. The van der Waals surface area contributed by atoms with Crippen molar-refractivity contribution < 1.29 is 17.9 Å². The number of piperidine rings is 1. The van der Waals surface area contributed by atoms with Crippen LogP contribution in [0.1, 0.15) is 33.1 Å². The van der Waals surface area contributed by atoms with Crippen molar-refractivity contribution in [3.8, 4) is 0 Å². The van der Waals surface area contributed by atoms with Gasteiger partial charge in [-0.1, -0.05) is 13.8 Å². The number of ether oxygens (including phenoxy) is 1. The number of urea groups is 1. The lowest BCUT2D eigenvalue weighted by Gasteiger charge is -2.41. The van der Waals surface area contributed by atoms with Crippen LogP contribution in [0.2, 0.25) is 0 Å². The monoisotopic (exact) mass is 335 g/mol. The number of methoxy groups -OCH3 is 1. The van der Waals surface area contributed by atoms with Gasteiger partial charge in [-0.25, -0.2) is 17.9 Å². The van der Waals surface area contributed by atoms with Gasteiger partial charge in [-0.05, 0) is 25.2 Å². The van der Waals surface area contributed by atoms with Gasteiger partial charge in [0.25, 0.3) is 0 Å². The molecule has 0 aromatic heterocycles. The standard InChI is InChI=1S/C14H29N3O4S/c1-12(2)11-15-13(18)17-8-5-14(6-9-17,7-10-21-3)16-22(4,19)20/h12,16H,5-11H2,1-4H3,(H,15,18). The summed E-state index contributed by atoms with van der Waals surface area (Å²) in [5, 5.41) is 2.89. The summed E-state index contributed by atoms with van der Waals surface area (Å²) in [5.74, 6) is 0.404. The Kier molecular flexibility index (Phi) is 7.08. The third-order valence-electron chi connectivity index (χ3n) is 3.86. The summed E-state index contributed by atoms with van der Waals surface area (Å²) in [6.45, 7) is 6.30. The zero-order valence-electron chi connectivity index (χ0n) is 14.0. The number of rotatable bonds is 7. The molecule has 1 rings (SSSR count). The highest BCUT2D eigenvalue weighted by molar-refractivity contribution is 7.88. The summed E-state index contributed by atoms with van der Waals surface area (Å²) >= 11 is 0. The van der Waals surface area contributed by atoms with Crippen molar-refractivity contribution in [2.75, 3.05) is 39.6 Å². The maximum atomic E-state index is 12.1. The molecule has 0 bridgehead atoms. The SMILES string of the molecule is COCCC1(NS(C)(=O)=O)CCN(C(=O)NCC(C)C)CC1. The van der Waals surface area contributed by atoms with Gasteiger partial charge in [0.2, 0.25) is 10.0 Å². The van der Waals surface area contributed by atoms with Crippen LogP contribution in [-0.2, 0) is 14.8 Å². The number of carbonyl (C=O) groups is 1. The molecule has 0 saturated carbocycles. The van der Waals surface area contributed by atoms with Gasteiger partial charge >= 0.3 is 6.03 Å². The first-order chi connectivity index (χ1) is 10.2. The second-order valence-corrected chi connectivity index (χ2v) is 8.21. The Morgan fingerprint density at radius 3 is 2.36 bits per heavy atom. The molecule has 1 aliphatic heterocycles. The molecule has 0 spiro atoms. The van der Waals surface area contributed by atoms with E-state index in [9.17, 15) is 13.2 Å². The third kappa shape index (κ3) is 6.50. The minimum absolute atomic E-state index is 0.0756. The lowest BCUT2D eigenvalue weighted by molar-refractivity contribution is 0.115. The first kappa shape index (κ1) is 19.2. The molecule has 1 fully saturated rings. The highest BCUT2D eigenvalue weighted by atomic mass is 32.2. The second kappa shape index (κ2) is 8.12. The Morgan fingerprint density at radius 1 is 1.32 bits per heavy atom. The van der Waals surface area contributed by atoms with E-state index < -0.39 is 15.6 Å². The zero-order chi connectivity index (χ0) is 16.8. The van der Waals surface area contributed by atoms with Crippen LogP contribution < -0.4 is 10.0 Å². The molecule has 130 valence electrons. The first-order valence-electron chi connectivity index (χ1n) is 7.68. The van der Waals surface area contributed by atoms with Crippen LogP contribution >= 0.6 is 0 Å². The van der Waals surface area contributed by atoms with Gasteiger partial charge in [0, 0.05) is 38.9 Å². The molecule has 7 nitrogen and oxygen atoms in total. The van der Waals surface area contributed by atoms with Crippen LogP contribution in [0.4, 0.5) is 4.79 Å². The quantitative estimate of drug-likeness (QED) is 0.719.